The second-order valence-electron chi connectivity index (χ2n) is 6.95. The van der Waals surface area contributed by atoms with Crippen molar-refractivity contribution >= 4 is 5.97 Å². The molecule has 1 rings (SSSR count). The lowest BCUT2D eigenvalue weighted by Crippen LogP contribution is -2.42. The Hall–Kier alpha value is -0.570. The van der Waals surface area contributed by atoms with E-state index in [2.05, 4.69) is 19.2 Å². The zero-order chi connectivity index (χ0) is 13.1. The molecule has 1 aliphatic carbocycles. The van der Waals surface area contributed by atoms with Crippen LogP contribution in [-0.2, 0) is 4.79 Å². The number of carboxylic acid groups (broad SMARTS) is 1. The summed E-state index contributed by atoms with van der Waals surface area (Å²) in [5, 5.41) is 12.3. The summed E-state index contributed by atoms with van der Waals surface area (Å²) in [5.74, 6) is 0.132. The minimum Gasteiger partial charge on any atom is -0.481 e. The fourth-order valence-electron chi connectivity index (χ4n) is 2.53. The Morgan fingerprint density at radius 1 is 1.24 bits per heavy atom. The Labute approximate surface area is 105 Å². The lowest BCUT2D eigenvalue weighted by Gasteiger charge is -2.41. The van der Waals surface area contributed by atoms with Gasteiger partial charge in [0, 0.05) is 13.1 Å². The Balaban J connectivity index is 2.28. The minimum atomic E-state index is -0.713. The molecule has 0 aromatic rings. The van der Waals surface area contributed by atoms with Crippen LogP contribution in [0.25, 0.3) is 0 Å². The fraction of sp³-hybridized carbons (Fsp3) is 0.929. The molecule has 0 bridgehead atoms. The molecule has 1 aliphatic rings. The van der Waals surface area contributed by atoms with Crippen LogP contribution >= 0.6 is 0 Å². The standard InChI is InChI=1S/C14H27NO2/c1-13(2,8-12(16)17)9-15-10-14(3,4)11-6-5-7-11/h11,15H,5-10H2,1-4H3,(H,16,17). The first-order chi connectivity index (χ1) is 7.73. The zero-order valence-electron chi connectivity index (χ0n) is 11.7. The molecule has 0 radical (unpaired) electrons. The zero-order valence-corrected chi connectivity index (χ0v) is 11.7. The van der Waals surface area contributed by atoms with Crippen LogP contribution in [0.2, 0.25) is 0 Å². The molecule has 0 aromatic heterocycles. The maximum absolute atomic E-state index is 10.7. The summed E-state index contributed by atoms with van der Waals surface area (Å²) in [6.45, 7) is 10.4. The van der Waals surface area contributed by atoms with Gasteiger partial charge in [0.2, 0.25) is 0 Å². The van der Waals surface area contributed by atoms with Crippen molar-refractivity contribution in [2.24, 2.45) is 16.7 Å². The number of carbonyl (C=O) groups is 1. The molecule has 3 nitrogen and oxygen atoms in total. The van der Waals surface area contributed by atoms with Crippen molar-refractivity contribution in [1.29, 1.82) is 0 Å². The van der Waals surface area contributed by atoms with Crippen molar-refractivity contribution in [2.75, 3.05) is 13.1 Å². The van der Waals surface area contributed by atoms with Gasteiger partial charge in [0.15, 0.2) is 0 Å². The van der Waals surface area contributed by atoms with E-state index in [1.165, 1.54) is 19.3 Å². The van der Waals surface area contributed by atoms with E-state index in [1.54, 1.807) is 0 Å². The molecule has 0 saturated heterocycles. The predicted octanol–water partition coefficient (Wildman–Crippen LogP) is 2.90. The summed E-state index contributed by atoms with van der Waals surface area (Å²) >= 11 is 0. The van der Waals surface area contributed by atoms with E-state index < -0.39 is 5.97 Å². The Kier molecular flexibility index (Phi) is 4.59. The van der Waals surface area contributed by atoms with E-state index in [-0.39, 0.29) is 11.8 Å². The average molecular weight is 241 g/mol. The van der Waals surface area contributed by atoms with Crippen LogP contribution in [0.5, 0.6) is 0 Å². The molecule has 0 aliphatic heterocycles. The maximum atomic E-state index is 10.7. The third-order valence-corrected chi connectivity index (χ3v) is 4.02. The second-order valence-corrected chi connectivity index (χ2v) is 6.95. The molecule has 2 N–H and O–H groups in total. The van der Waals surface area contributed by atoms with Crippen LogP contribution in [0.3, 0.4) is 0 Å². The average Bonchev–Trinajstić information content (AvgIpc) is 1.94. The third kappa shape index (κ3) is 4.66. The third-order valence-electron chi connectivity index (χ3n) is 4.02. The van der Waals surface area contributed by atoms with Gasteiger partial charge in [-0.3, -0.25) is 4.79 Å². The van der Waals surface area contributed by atoms with Crippen molar-refractivity contribution in [3.05, 3.63) is 0 Å². The van der Waals surface area contributed by atoms with Gasteiger partial charge in [-0.25, -0.2) is 0 Å². The van der Waals surface area contributed by atoms with E-state index in [9.17, 15) is 4.79 Å². The smallest absolute Gasteiger partial charge is 0.303 e. The molecular formula is C14H27NO2. The van der Waals surface area contributed by atoms with Crippen LogP contribution in [0.15, 0.2) is 0 Å². The molecule has 0 spiro atoms. The van der Waals surface area contributed by atoms with Gasteiger partial charge in [-0.05, 0) is 29.6 Å². The van der Waals surface area contributed by atoms with Gasteiger partial charge in [-0.1, -0.05) is 34.1 Å². The molecule has 0 unspecified atom stereocenters. The topological polar surface area (TPSA) is 49.3 Å². The summed E-state index contributed by atoms with van der Waals surface area (Å²) < 4.78 is 0. The summed E-state index contributed by atoms with van der Waals surface area (Å²) in [7, 11) is 0. The Morgan fingerprint density at radius 3 is 2.24 bits per heavy atom. The van der Waals surface area contributed by atoms with Gasteiger partial charge in [-0.2, -0.15) is 0 Å². The largest absolute Gasteiger partial charge is 0.481 e. The van der Waals surface area contributed by atoms with E-state index in [1.807, 2.05) is 13.8 Å². The molecule has 1 saturated carbocycles. The molecule has 0 aromatic carbocycles. The Morgan fingerprint density at radius 2 is 1.82 bits per heavy atom. The second kappa shape index (κ2) is 5.38. The number of nitrogens with one attached hydrogen (secondary N) is 1. The van der Waals surface area contributed by atoms with Crippen LogP contribution in [0, 0.1) is 16.7 Å². The van der Waals surface area contributed by atoms with Crippen LogP contribution in [0.4, 0.5) is 0 Å². The SMILES string of the molecule is CC(C)(CNCC(C)(C)C1CCC1)CC(=O)O. The summed E-state index contributed by atoms with van der Waals surface area (Å²) in [6.07, 6.45) is 4.31. The van der Waals surface area contributed by atoms with Gasteiger partial charge in [0.05, 0.1) is 6.42 Å². The quantitative estimate of drug-likeness (QED) is 0.720. The van der Waals surface area contributed by atoms with Gasteiger partial charge >= 0.3 is 5.97 Å². The first kappa shape index (κ1) is 14.5. The van der Waals surface area contributed by atoms with Gasteiger partial charge in [0.1, 0.15) is 0 Å². The Bertz CT molecular complexity index is 267. The molecule has 0 amide bonds. The molecule has 17 heavy (non-hydrogen) atoms. The summed E-state index contributed by atoms with van der Waals surface area (Å²) in [5.41, 5.74) is 0.180. The summed E-state index contributed by atoms with van der Waals surface area (Å²) in [6, 6.07) is 0. The number of hydrogen-bond donors (Lipinski definition) is 2. The van der Waals surface area contributed by atoms with Crippen LogP contribution in [-0.4, -0.2) is 24.2 Å². The van der Waals surface area contributed by atoms with Gasteiger partial charge in [0.25, 0.3) is 0 Å². The minimum absolute atomic E-state index is 0.165. The predicted molar refractivity (Wildman–Crippen MR) is 70.0 cm³/mol. The fourth-order valence-corrected chi connectivity index (χ4v) is 2.53. The van der Waals surface area contributed by atoms with Crippen LogP contribution < -0.4 is 5.32 Å². The van der Waals surface area contributed by atoms with E-state index in [4.69, 9.17) is 5.11 Å². The number of hydrogen-bond acceptors (Lipinski definition) is 2. The van der Waals surface area contributed by atoms with Crippen molar-refractivity contribution in [3.8, 4) is 0 Å². The normalized spacial score (nSPS) is 17.9. The van der Waals surface area contributed by atoms with E-state index >= 15 is 0 Å². The lowest BCUT2D eigenvalue weighted by atomic mass is 9.67. The highest BCUT2D eigenvalue weighted by molar-refractivity contribution is 5.67. The molecule has 0 atom stereocenters. The highest BCUT2D eigenvalue weighted by atomic mass is 16.4. The first-order valence-electron chi connectivity index (χ1n) is 6.65. The molecular weight excluding hydrogens is 214 g/mol. The molecule has 100 valence electrons. The molecule has 3 heteroatoms. The molecule has 1 fully saturated rings. The highest BCUT2D eigenvalue weighted by Gasteiger charge is 2.33. The van der Waals surface area contributed by atoms with Crippen LogP contribution in [0.1, 0.15) is 53.4 Å². The monoisotopic (exact) mass is 241 g/mol. The van der Waals surface area contributed by atoms with Crippen molar-refractivity contribution in [3.63, 3.8) is 0 Å². The van der Waals surface area contributed by atoms with Crippen molar-refractivity contribution in [1.82, 2.24) is 5.32 Å². The maximum Gasteiger partial charge on any atom is 0.303 e. The van der Waals surface area contributed by atoms with Gasteiger partial charge in [-0.15, -0.1) is 0 Å². The lowest BCUT2D eigenvalue weighted by molar-refractivity contribution is -0.139. The van der Waals surface area contributed by atoms with Crippen molar-refractivity contribution in [2.45, 2.75) is 53.4 Å². The number of rotatable bonds is 7. The van der Waals surface area contributed by atoms with Gasteiger partial charge < -0.3 is 10.4 Å². The number of aliphatic carboxylic acids is 1. The van der Waals surface area contributed by atoms with E-state index in [0.717, 1.165) is 19.0 Å². The van der Waals surface area contributed by atoms with Crippen molar-refractivity contribution < 1.29 is 9.90 Å². The molecule has 0 heterocycles. The van der Waals surface area contributed by atoms with E-state index in [0.29, 0.717) is 5.41 Å². The summed E-state index contributed by atoms with van der Waals surface area (Å²) in [4.78, 5) is 10.7. The highest BCUT2D eigenvalue weighted by Crippen LogP contribution is 2.41. The first-order valence-corrected chi connectivity index (χ1v) is 6.65. The number of carboxylic acids is 1.